The summed E-state index contributed by atoms with van der Waals surface area (Å²) in [7, 11) is 0. The predicted octanol–water partition coefficient (Wildman–Crippen LogP) is 6.01. The van der Waals surface area contributed by atoms with E-state index in [2.05, 4.69) is 37.1 Å². The molecule has 0 atom stereocenters. The first-order chi connectivity index (χ1) is 12.3. The van der Waals surface area contributed by atoms with E-state index in [1.165, 1.54) is 60.9 Å². The second-order valence-electron chi connectivity index (χ2n) is 8.92. The maximum atomic E-state index is 12.6. The first kappa shape index (κ1) is 20.8. The Hall–Kier alpha value is -1.51. The van der Waals surface area contributed by atoms with E-state index in [0.29, 0.717) is 0 Å². The number of carbonyl (C=O) groups excluding carboxylic acids is 1. The molecule has 3 heteroatoms. The van der Waals surface area contributed by atoms with Crippen LogP contribution in [0.2, 0.25) is 0 Å². The first-order valence-electron chi connectivity index (χ1n) is 10.4. The van der Waals surface area contributed by atoms with Crippen molar-refractivity contribution in [1.82, 2.24) is 0 Å². The summed E-state index contributed by atoms with van der Waals surface area (Å²) in [5.74, 6) is 0.0954. The molecule has 1 amide bonds. The van der Waals surface area contributed by atoms with E-state index in [9.17, 15) is 4.79 Å². The van der Waals surface area contributed by atoms with Crippen molar-refractivity contribution in [3.63, 3.8) is 0 Å². The van der Waals surface area contributed by atoms with Crippen LogP contribution in [0.3, 0.4) is 0 Å². The molecule has 0 unspecified atom stereocenters. The Morgan fingerprint density at radius 1 is 1.08 bits per heavy atom. The van der Waals surface area contributed by atoms with Crippen LogP contribution in [0.25, 0.3) is 0 Å². The van der Waals surface area contributed by atoms with Crippen molar-refractivity contribution in [2.24, 2.45) is 5.41 Å². The summed E-state index contributed by atoms with van der Waals surface area (Å²) in [5.41, 5.74) is 5.89. The van der Waals surface area contributed by atoms with E-state index in [0.717, 1.165) is 25.2 Å². The molecule has 26 heavy (non-hydrogen) atoms. The van der Waals surface area contributed by atoms with Gasteiger partial charge in [0.1, 0.15) is 0 Å². The van der Waals surface area contributed by atoms with Crippen LogP contribution in [-0.4, -0.2) is 19.0 Å². The molecule has 0 bridgehead atoms. The van der Waals surface area contributed by atoms with E-state index in [1.54, 1.807) is 0 Å². The van der Waals surface area contributed by atoms with Crippen molar-refractivity contribution in [3.05, 3.63) is 22.8 Å². The van der Waals surface area contributed by atoms with Gasteiger partial charge < -0.3 is 10.2 Å². The lowest BCUT2D eigenvalue weighted by molar-refractivity contribution is -0.123. The van der Waals surface area contributed by atoms with Gasteiger partial charge in [0, 0.05) is 18.5 Å². The molecule has 1 aliphatic rings. The van der Waals surface area contributed by atoms with Crippen LogP contribution in [0.1, 0.15) is 82.9 Å². The van der Waals surface area contributed by atoms with Gasteiger partial charge in [-0.05, 0) is 43.4 Å². The summed E-state index contributed by atoms with van der Waals surface area (Å²) in [6.45, 7) is 14.7. The van der Waals surface area contributed by atoms with Gasteiger partial charge in [-0.3, -0.25) is 4.79 Å². The lowest BCUT2D eigenvalue weighted by Gasteiger charge is -2.26. The summed E-state index contributed by atoms with van der Waals surface area (Å²) in [4.78, 5) is 15.1. The zero-order chi connectivity index (χ0) is 19.3. The van der Waals surface area contributed by atoms with Crippen molar-refractivity contribution in [2.75, 3.05) is 23.3 Å². The van der Waals surface area contributed by atoms with Crippen LogP contribution < -0.4 is 10.2 Å². The number of unbranched alkanes of at least 4 members (excludes halogenated alkanes) is 5. The summed E-state index contributed by atoms with van der Waals surface area (Å²) < 4.78 is 0. The fourth-order valence-corrected chi connectivity index (χ4v) is 3.80. The van der Waals surface area contributed by atoms with Crippen LogP contribution in [0.15, 0.2) is 6.07 Å². The lowest BCUT2D eigenvalue weighted by Crippen LogP contribution is -2.29. The Labute approximate surface area is 160 Å². The van der Waals surface area contributed by atoms with Crippen LogP contribution in [-0.2, 0) is 11.2 Å². The second kappa shape index (κ2) is 8.92. The highest BCUT2D eigenvalue weighted by atomic mass is 16.2. The molecule has 2 rings (SSSR count). The molecule has 0 aromatic heterocycles. The number of fused-ring (bicyclic) bond motifs is 1. The fraction of sp³-hybridized carbons (Fsp3) is 0.696. The van der Waals surface area contributed by atoms with Gasteiger partial charge in [0.15, 0.2) is 0 Å². The molecule has 0 saturated heterocycles. The zero-order valence-corrected chi connectivity index (χ0v) is 17.8. The Bertz CT molecular complexity index is 628. The second-order valence-corrected chi connectivity index (χ2v) is 8.92. The number of hydrogen-bond donors (Lipinski definition) is 1. The Morgan fingerprint density at radius 2 is 1.73 bits per heavy atom. The summed E-state index contributed by atoms with van der Waals surface area (Å²) in [6.07, 6.45) is 8.99. The minimum Gasteiger partial charge on any atom is -0.369 e. The Kier molecular flexibility index (Phi) is 7.14. The topological polar surface area (TPSA) is 32.3 Å². The third kappa shape index (κ3) is 5.02. The molecule has 1 N–H and O–H groups in total. The summed E-state index contributed by atoms with van der Waals surface area (Å²) in [6, 6.07) is 2.23. The lowest BCUT2D eigenvalue weighted by atomic mass is 9.94. The van der Waals surface area contributed by atoms with Gasteiger partial charge in [-0.2, -0.15) is 0 Å². The molecule has 3 nitrogen and oxygen atoms in total. The molecule has 0 aliphatic carbocycles. The average molecular weight is 359 g/mol. The van der Waals surface area contributed by atoms with E-state index in [4.69, 9.17) is 0 Å². The minimum absolute atomic E-state index is 0.0954. The van der Waals surface area contributed by atoms with Crippen molar-refractivity contribution in [1.29, 1.82) is 0 Å². The molecular weight excluding hydrogens is 320 g/mol. The predicted molar refractivity (Wildman–Crippen MR) is 113 cm³/mol. The largest absolute Gasteiger partial charge is 0.369 e. The number of aryl methyl sites for hydroxylation is 2. The van der Waals surface area contributed by atoms with E-state index < -0.39 is 0 Å². The smallest absolute Gasteiger partial charge is 0.229 e. The first-order valence-corrected chi connectivity index (χ1v) is 10.4. The van der Waals surface area contributed by atoms with Crippen molar-refractivity contribution in [2.45, 2.75) is 86.5 Å². The van der Waals surface area contributed by atoms with Crippen LogP contribution >= 0.6 is 0 Å². The molecule has 1 aliphatic heterocycles. The standard InChI is InChI=1S/C23H38N2O/c1-7-8-9-10-11-12-14-25-15-13-19-17(2)16-18(3)20(21(19)25)24-22(26)23(4,5)6/h16H,7-15H2,1-6H3,(H,24,26). The number of amides is 1. The monoisotopic (exact) mass is 358 g/mol. The summed E-state index contributed by atoms with van der Waals surface area (Å²) in [5, 5.41) is 3.25. The molecule has 0 saturated carbocycles. The SMILES string of the molecule is CCCCCCCCN1CCc2c(C)cc(C)c(NC(=O)C(C)(C)C)c21. The molecule has 1 aromatic carbocycles. The third-order valence-electron chi connectivity index (χ3n) is 5.48. The van der Waals surface area contributed by atoms with E-state index >= 15 is 0 Å². The molecule has 0 radical (unpaired) electrons. The molecule has 1 heterocycles. The Morgan fingerprint density at radius 3 is 2.38 bits per heavy atom. The van der Waals surface area contributed by atoms with Crippen molar-refractivity contribution < 1.29 is 4.79 Å². The molecule has 146 valence electrons. The molecular formula is C23H38N2O. The average Bonchev–Trinajstić information content (AvgIpc) is 2.98. The highest BCUT2D eigenvalue weighted by Gasteiger charge is 2.28. The van der Waals surface area contributed by atoms with Gasteiger partial charge in [-0.15, -0.1) is 0 Å². The maximum absolute atomic E-state index is 12.6. The normalized spacial score (nSPS) is 13.8. The number of nitrogens with one attached hydrogen (secondary N) is 1. The van der Waals surface area contributed by atoms with Crippen molar-refractivity contribution >= 4 is 17.3 Å². The van der Waals surface area contributed by atoms with Gasteiger partial charge in [-0.25, -0.2) is 0 Å². The number of anilines is 2. The number of hydrogen-bond acceptors (Lipinski definition) is 2. The van der Waals surface area contributed by atoms with E-state index in [-0.39, 0.29) is 11.3 Å². The van der Waals surface area contributed by atoms with Crippen molar-refractivity contribution in [3.8, 4) is 0 Å². The van der Waals surface area contributed by atoms with Crippen LogP contribution in [0.4, 0.5) is 11.4 Å². The molecule has 0 fully saturated rings. The number of rotatable bonds is 8. The maximum Gasteiger partial charge on any atom is 0.229 e. The zero-order valence-electron chi connectivity index (χ0n) is 17.8. The molecule has 0 spiro atoms. The number of nitrogens with zero attached hydrogens (tertiary/aromatic N) is 1. The van der Waals surface area contributed by atoms with Crippen LogP contribution in [0, 0.1) is 19.3 Å². The van der Waals surface area contributed by atoms with Gasteiger partial charge in [0.25, 0.3) is 0 Å². The fourth-order valence-electron chi connectivity index (χ4n) is 3.80. The quantitative estimate of drug-likeness (QED) is 0.577. The van der Waals surface area contributed by atoms with Gasteiger partial charge in [0.2, 0.25) is 5.91 Å². The van der Waals surface area contributed by atoms with E-state index in [1.807, 2.05) is 20.8 Å². The number of benzene rings is 1. The van der Waals surface area contributed by atoms with Gasteiger partial charge in [-0.1, -0.05) is 65.9 Å². The van der Waals surface area contributed by atoms with Crippen LogP contribution in [0.5, 0.6) is 0 Å². The number of carbonyl (C=O) groups is 1. The Balaban J connectivity index is 2.14. The minimum atomic E-state index is -0.382. The highest BCUT2D eigenvalue weighted by Crippen LogP contribution is 2.40. The van der Waals surface area contributed by atoms with Gasteiger partial charge in [0.05, 0.1) is 11.4 Å². The molecule has 1 aromatic rings. The summed E-state index contributed by atoms with van der Waals surface area (Å²) >= 11 is 0. The highest BCUT2D eigenvalue weighted by molar-refractivity contribution is 5.99. The van der Waals surface area contributed by atoms with Gasteiger partial charge >= 0.3 is 0 Å². The third-order valence-corrected chi connectivity index (χ3v) is 5.48.